The van der Waals surface area contributed by atoms with Crippen LogP contribution in [-0.2, 0) is 11.5 Å². The molecule has 0 N–H and O–H groups in total. The summed E-state index contributed by atoms with van der Waals surface area (Å²) in [7, 11) is 0. The van der Waals surface area contributed by atoms with Gasteiger partial charge in [-0.2, -0.15) is 10.5 Å². The topological polar surface area (TPSA) is 73.9 Å². The van der Waals surface area contributed by atoms with E-state index in [0.717, 1.165) is 45.0 Å². The second-order valence-electron chi connectivity index (χ2n) is 5.65. The number of rotatable bonds is 4. The average molecular weight is 344 g/mol. The summed E-state index contributed by atoms with van der Waals surface area (Å²) >= 11 is 1.69. The molecule has 0 unspecified atom stereocenters. The second kappa shape index (κ2) is 6.39. The molecule has 5 heteroatoms. The van der Waals surface area contributed by atoms with Gasteiger partial charge in [0.15, 0.2) is 0 Å². The van der Waals surface area contributed by atoms with E-state index in [9.17, 15) is 0 Å². The molecule has 2 aromatic heterocycles. The highest BCUT2D eigenvalue weighted by molar-refractivity contribution is 7.97. The van der Waals surface area contributed by atoms with Gasteiger partial charge in [0.25, 0.3) is 0 Å². The van der Waals surface area contributed by atoms with Gasteiger partial charge in [-0.25, -0.2) is 0 Å². The molecule has 25 heavy (non-hydrogen) atoms. The van der Waals surface area contributed by atoms with Gasteiger partial charge < -0.3 is 8.83 Å². The van der Waals surface area contributed by atoms with E-state index in [-0.39, 0.29) is 0 Å². The van der Waals surface area contributed by atoms with Gasteiger partial charge in [-0.05, 0) is 48.5 Å². The number of furan rings is 2. The Kier molecular flexibility index (Phi) is 3.93. The van der Waals surface area contributed by atoms with Crippen LogP contribution in [0.25, 0.3) is 21.9 Å². The lowest BCUT2D eigenvalue weighted by molar-refractivity contribution is 0.569. The number of fused-ring (bicyclic) bond motifs is 2. The Morgan fingerprint density at radius 3 is 1.64 bits per heavy atom. The van der Waals surface area contributed by atoms with Gasteiger partial charge in [-0.1, -0.05) is 0 Å². The molecule has 0 radical (unpaired) electrons. The Hall–Kier alpha value is -3.15. The molecule has 0 aliphatic carbocycles. The molecule has 0 amide bonds. The highest BCUT2D eigenvalue weighted by Gasteiger charge is 2.08. The fraction of sp³-hybridized carbons (Fsp3) is 0.100. The smallest absolute Gasteiger partial charge is 0.134 e. The summed E-state index contributed by atoms with van der Waals surface area (Å²) in [6.45, 7) is 0. The number of hydrogen-bond acceptors (Lipinski definition) is 5. The molecule has 0 fully saturated rings. The van der Waals surface area contributed by atoms with E-state index in [2.05, 4.69) is 12.1 Å². The van der Waals surface area contributed by atoms with Crippen LogP contribution >= 0.6 is 11.8 Å². The van der Waals surface area contributed by atoms with Gasteiger partial charge in [0.05, 0.1) is 34.8 Å². The Morgan fingerprint density at radius 2 is 1.20 bits per heavy atom. The number of benzene rings is 2. The van der Waals surface area contributed by atoms with Crippen molar-refractivity contribution in [2.75, 3.05) is 0 Å². The van der Waals surface area contributed by atoms with Gasteiger partial charge in [-0.15, -0.1) is 11.8 Å². The van der Waals surface area contributed by atoms with E-state index >= 15 is 0 Å². The van der Waals surface area contributed by atoms with E-state index in [4.69, 9.17) is 19.4 Å². The predicted octanol–water partition coefficient (Wildman–Crippen LogP) is 5.36. The van der Waals surface area contributed by atoms with Crippen LogP contribution in [0.5, 0.6) is 0 Å². The first-order valence-corrected chi connectivity index (χ1v) is 8.83. The SMILES string of the molecule is N#Cc1ccc2oc(CSCc3cc4cc(C#N)ccc4o3)cc2c1. The first kappa shape index (κ1) is 15.4. The zero-order chi connectivity index (χ0) is 17.2. The maximum absolute atomic E-state index is 8.95. The fourth-order valence-electron chi connectivity index (χ4n) is 2.73. The van der Waals surface area contributed by atoms with Crippen LogP contribution < -0.4 is 0 Å². The number of hydrogen-bond donors (Lipinski definition) is 0. The minimum Gasteiger partial charge on any atom is -0.460 e. The van der Waals surface area contributed by atoms with Crippen molar-refractivity contribution in [3.8, 4) is 12.1 Å². The van der Waals surface area contributed by atoms with Crippen LogP contribution in [0.1, 0.15) is 22.6 Å². The molecule has 0 aliphatic heterocycles. The van der Waals surface area contributed by atoms with Crippen molar-refractivity contribution in [2.24, 2.45) is 0 Å². The van der Waals surface area contributed by atoms with Crippen LogP contribution in [0.15, 0.2) is 57.4 Å². The van der Waals surface area contributed by atoms with Gasteiger partial charge >= 0.3 is 0 Å². The van der Waals surface area contributed by atoms with Gasteiger partial charge in [-0.3, -0.25) is 0 Å². The van der Waals surface area contributed by atoms with Crippen molar-refractivity contribution in [1.29, 1.82) is 10.5 Å². The Bertz CT molecular complexity index is 1070. The number of nitrogens with zero attached hydrogens (tertiary/aromatic N) is 2. The summed E-state index contributed by atoms with van der Waals surface area (Å²) < 4.78 is 11.6. The zero-order valence-electron chi connectivity index (χ0n) is 13.2. The van der Waals surface area contributed by atoms with Crippen molar-refractivity contribution in [3.63, 3.8) is 0 Å². The maximum atomic E-state index is 8.95. The Morgan fingerprint density at radius 1 is 0.720 bits per heavy atom. The lowest BCUT2D eigenvalue weighted by Gasteiger charge is -1.95. The van der Waals surface area contributed by atoms with E-state index in [1.807, 2.05) is 36.4 Å². The normalized spacial score (nSPS) is 10.8. The lowest BCUT2D eigenvalue weighted by atomic mass is 10.2. The van der Waals surface area contributed by atoms with Crippen molar-refractivity contribution in [2.45, 2.75) is 11.5 Å². The van der Waals surface area contributed by atoms with E-state index < -0.39 is 0 Å². The molecule has 2 aromatic carbocycles. The highest BCUT2D eigenvalue weighted by Crippen LogP contribution is 2.27. The molecule has 4 nitrogen and oxygen atoms in total. The third-order valence-corrected chi connectivity index (χ3v) is 4.86. The van der Waals surface area contributed by atoms with E-state index in [0.29, 0.717) is 11.1 Å². The first-order valence-electron chi connectivity index (χ1n) is 7.68. The molecule has 0 atom stereocenters. The van der Waals surface area contributed by atoms with Crippen molar-refractivity contribution in [3.05, 3.63) is 71.2 Å². The van der Waals surface area contributed by atoms with Gasteiger partial charge in [0.1, 0.15) is 22.7 Å². The summed E-state index contributed by atoms with van der Waals surface area (Å²) in [6, 6.07) is 19.0. The summed E-state index contributed by atoms with van der Waals surface area (Å²) in [5, 5.41) is 19.8. The van der Waals surface area contributed by atoms with Crippen molar-refractivity contribution in [1.82, 2.24) is 0 Å². The predicted molar refractivity (Wildman–Crippen MR) is 96.9 cm³/mol. The quantitative estimate of drug-likeness (QED) is 0.498. The Labute approximate surface area is 148 Å². The van der Waals surface area contributed by atoms with Crippen LogP contribution in [0.2, 0.25) is 0 Å². The lowest BCUT2D eigenvalue weighted by Crippen LogP contribution is -1.78. The molecule has 4 rings (SSSR count). The largest absolute Gasteiger partial charge is 0.460 e. The molecule has 0 spiro atoms. The average Bonchev–Trinajstić information content (AvgIpc) is 3.23. The molecule has 0 aliphatic rings. The molecular weight excluding hydrogens is 332 g/mol. The molecule has 2 heterocycles. The molecule has 4 aromatic rings. The van der Waals surface area contributed by atoms with Gasteiger partial charge in [0, 0.05) is 10.8 Å². The molecule has 120 valence electrons. The molecule has 0 bridgehead atoms. The monoisotopic (exact) mass is 344 g/mol. The molecule has 0 saturated heterocycles. The summed E-state index contributed by atoms with van der Waals surface area (Å²) in [5.74, 6) is 3.18. The minimum atomic E-state index is 0.631. The van der Waals surface area contributed by atoms with Crippen LogP contribution in [0.4, 0.5) is 0 Å². The van der Waals surface area contributed by atoms with Crippen molar-refractivity contribution < 1.29 is 8.83 Å². The summed E-state index contributed by atoms with van der Waals surface area (Å²) in [5.41, 5.74) is 2.85. The Balaban J connectivity index is 1.45. The van der Waals surface area contributed by atoms with Crippen LogP contribution in [0.3, 0.4) is 0 Å². The standard InChI is InChI=1S/C20H12N2O2S/c21-9-13-1-3-19-15(5-13)7-17(23-19)11-25-12-18-8-16-6-14(10-22)2-4-20(16)24-18/h1-8H,11-12H2. The second-order valence-corrected chi connectivity index (χ2v) is 6.63. The van der Waals surface area contributed by atoms with Crippen LogP contribution in [-0.4, -0.2) is 0 Å². The number of nitriles is 2. The molecule has 0 saturated carbocycles. The van der Waals surface area contributed by atoms with Crippen LogP contribution in [0, 0.1) is 22.7 Å². The fourth-order valence-corrected chi connectivity index (χ4v) is 3.52. The van der Waals surface area contributed by atoms with E-state index in [1.54, 1.807) is 23.9 Å². The maximum Gasteiger partial charge on any atom is 0.134 e. The summed E-state index contributed by atoms with van der Waals surface area (Å²) in [6.07, 6.45) is 0. The minimum absolute atomic E-state index is 0.631. The molecular formula is C20H12N2O2S. The summed E-state index contributed by atoms with van der Waals surface area (Å²) in [4.78, 5) is 0. The highest BCUT2D eigenvalue weighted by atomic mass is 32.2. The van der Waals surface area contributed by atoms with Gasteiger partial charge in [0.2, 0.25) is 0 Å². The van der Waals surface area contributed by atoms with Crippen molar-refractivity contribution >= 4 is 33.7 Å². The third-order valence-electron chi connectivity index (χ3n) is 3.88. The third kappa shape index (κ3) is 3.10. The number of thioether (sulfide) groups is 1. The zero-order valence-corrected chi connectivity index (χ0v) is 14.0. The first-order chi connectivity index (χ1) is 12.2. The van der Waals surface area contributed by atoms with E-state index in [1.165, 1.54) is 0 Å².